The van der Waals surface area contributed by atoms with E-state index in [1.54, 1.807) is 12.1 Å². The molecule has 0 saturated carbocycles. The standard InChI is InChI=1S/C16H11N3O7/c20-14-11-4-1-3-9-7-10(8-12(13(9)11)15(21)26-14)17-6-2-5-16(17,18(22)23)19(24)25/h1,3-4,7-8H,2,5-6H2. The highest BCUT2D eigenvalue weighted by Crippen LogP contribution is 2.39. The molecule has 0 unspecified atom stereocenters. The Labute approximate surface area is 145 Å². The molecule has 2 aliphatic heterocycles. The van der Waals surface area contributed by atoms with E-state index in [1.807, 2.05) is 0 Å². The first-order valence-electron chi connectivity index (χ1n) is 7.76. The molecule has 0 atom stereocenters. The zero-order valence-corrected chi connectivity index (χ0v) is 13.2. The average Bonchev–Trinajstić information content (AvgIpc) is 3.05. The van der Waals surface area contributed by atoms with E-state index >= 15 is 0 Å². The second kappa shape index (κ2) is 5.22. The Morgan fingerprint density at radius 3 is 2.42 bits per heavy atom. The highest BCUT2D eigenvalue weighted by Gasteiger charge is 2.64. The quantitative estimate of drug-likeness (QED) is 0.268. The number of ether oxygens (including phenoxy) is 1. The van der Waals surface area contributed by atoms with Crippen molar-refractivity contribution in [1.82, 2.24) is 0 Å². The topological polar surface area (TPSA) is 133 Å². The molecule has 0 bridgehead atoms. The zero-order chi connectivity index (χ0) is 18.6. The molecule has 132 valence electrons. The summed E-state index contributed by atoms with van der Waals surface area (Å²) in [5.41, 5.74) is 0.432. The molecular weight excluding hydrogens is 346 g/mol. The second-order valence-electron chi connectivity index (χ2n) is 6.12. The molecule has 2 aromatic rings. The zero-order valence-electron chi connectivity index (χ0n) is 13.2. The number of cyclic esters (lactones) is 2. The Bertz CT molecular complexity index is 1000. The van der Waals surface area contributed by atoms with Gasteiger partial charge >= 0.3 is 17.7 Å². The van der Waals surface area contributed by atoms with Gasteiger partial charge in [-0.3, -0.25) is 20.2 Å². The van der Waals surface area contributed by atoms with Crippen LogP contribution in [-0.4, -0.2) is 34.1 Å². The number of hydrogen-bond acceptors (Lipinski definition) is 8. The molecule has 1 saturated heterocycles. The number of nitro groups is 2. The fraction of sp³-hybridized carbons (Fsp3) is 0.250. The van der Waals surface area contributed by atoms with E-state index in [9.17, 15) is 29.8 Å². The van der Waals surface area contributed by atoms with E-state index in [2.05, 4.69) is 0 Å². The van der Waals surface area contributed by atoms with Crippen LogP contribution in [0.15, 0.2) is 30.3 Å². The first-order chi connectivity index (χ1) is 12.4. The van der Waals surface area contributed by atoms with Crippen LogP contribution in [0.5, 0.6) is 0 Å². The van der Waals surface area contributed by atoms with Gasteiger partial charge in [0.1, 0.15) is 16.3 Å². The van der Waals surface area contributed by atoms with Gasteiger partial charge in [0.2, 0.25) is 0 Å². The molecule has 0 radical (unpaired) electrons. The van der Waals surface area contributed by atoms with Crippen molar-refractivity contribution in [3.05, 3.63) is 61.7 Å². The predicted molar refractivity (Wildman–Crippen MR) is 87.0 cm³/mol. The maximum atomic E-state index is 12.1. The molecule has 2 aliphatic rings. The van der Waals surface area contributed by atoms with E-state index in [4.69, 9.17) is 4.74 Å². The lowest BCUT2D eigenvalue weighted by molar-refractivity contribution is -0.793. The maximum absolute atomic E-state index is 12.1. The van der Waals surface area contributed by atoms with Gasteiger partial charge in [0, 0.05) is 11.9 Å². The number of benzene rings is 2. The maximum Gasteiger partial charge on any atom is 0.544 e. The number of anilines is 1. The summed E-state index contributed by atoms with van der Waals surface area (Å²) in [6.45, 7) is 0.0978. The van der Waals surface area contributed by atoms with Crippen LogP contribution in [0.4, 0.5) is 5.69 Å². The van der Waals surface area contributed by atoms with Crippen molar-refractivity contribution >= 4 is 28.4 Å². The van der Waals surface area contributed by atoms with Crippen LogP contribution in [0.1, 0.15) is 33.6 Å². The summed E-state index contributed by atoms with van der Waals surface area (Å²) >= 11 is 0. The Morgan fingerprint density at radius 1 is 1.04 bits per heavy atom. The number of carbonyl (C=O) groups is 2. The molecule has 2 aromatic carbocycles. The molecule has 2 heterocycles. The van der Waals surface area contributed by atoms with Crippen molar-refractivity contribution in [3.8, 4) is 0 Å². The molecule has 10 heteroatoms. The minimum atomic E-state index is -2.48. The van der Waals surface area contributed by atoms with Gasteiger partial charge in [0.25, 0.3) is 0 Å². The summed E-state index contributed by atoms with van der Waals surface area (Å²) < 4.78 is 4.70. The smallest absolute Gasteiger partial charge is 0.386 e. The molecule has 0 aliphatic carbocycles. The van der Waals surface area contributed by atoms with Gasteiger partial charge in [-0.1, -0.05) is 12.1 Å². The number of esters is 2. The average molecular weight is 357 g/mol. The van der Waals surface area contributed by atoms with Crippen LogP contribution in [0.3, 0.4) is 0 Å². The van der Waals surface area contributed by atoms with Crippen molar-refractivity contribution in [2.24, 2.45) is 0 Å². The molecule has 0 aromatic heterocycles. The Balaban J connectivity index is 1.97. The van der Waals surface area contributed by atoms with Crippen LogP contribution < -0.4 is 4.90 Å². The predicted octanol–water partition coefficient (Wildman–Crippen LogP) is 1.96. The van der Waals surface area contributed by atoms with Gasteiger partial charge in [-0.2, -0.15) is 0 Å². The van der Waals surface area contributed by atoms with Crippen molar-refractivity contribution in [3.63, 3.8) is 0 Å². The van der Waals surface area contributed by atoms with Crippen LogP contribution in [0.2, 0.25) is 0 Å². The van der Waals surface area contributed by atoms with Gasteiger partial charge in [-0.05, 0) is 30.0 Å². The van der Waals surface area contributed by atoms with E-state index < -0.39 is 27.6 Å². The lowest BCUT2D eigenvalue weighted by Gasteiger charge is -2.26. The highest BCUT2D eigenvalue weighted by atomic mass is 16.7. The van der Waals surface area contributed by atoms with E-state index in [1.165, 1.54) is 18.2 Å². The second-order valence-corrected chi connectivity index (χ2v) is 6.12. The lowest BCUT2D eigenvalue weighted by Crippen LogP contribution is -2.56. The third-order valence-electron chi connectivity index (χ3n) is 4.81. The lowest BCUT2D eigenvalue weighted by atomic mass is 9.96. The van der Waals surface area contributed by atoms with Crippen molar-refractivity contribution in [1.29, 1.82) is 0 Å². The number of rotatable bonds is 3. The first-order valence-corrected chi connectivity index (χ1v) is 7.76. The number of nitrogens with zero attached hydrogens (tertiary/aromatic N) is 3. The van der Waals surface area contributed by atoms with Crippen molar-refractivity contribution in [2.75, 3.05) is 11.4 Å². The summed E-state index contributed by atoms with van der Waals surface area (Å²) in [7, 11) is 0. The molecule has 0 amide bonds. The summed E-state index contributed by atoms with van der Waals surface area (Å²) in [6, 6.07) is 7.55. The summed E-state index contributed by atoms with van der Waals surface area (Å²) in [5.74, 6) is -4.13. The molecule has 0 N–H and O–H groups in total. The van der Waals surface area contributed by atoms with Crippen molar-refractivity contribution < 1.29 is 24.2 Å². The molecule has 1 fully saturated rings. The van der Waals surface area contributed by atoms with Gasteiger partial charge < -0.3 is 4.74 Å². The van der Waals surface area contributed by atoms with Crippen LogP contribution in [-0.2, 0) is 4.74 Å². The van der Waals surface area contributed by atoms with Gasteiger partial charge in [0.05, 0.1) is 16.8 Å². The minimum absolute atomic E-state index is 0.0557. The third kappa shape index (κ3) is 1.92. The monoisotopic (exact) mass is 357 g/mol. The van der Waals surface area contributed by atoms with Crippen LogP contribution in [0.25, 0.3) is 10.8 Å². The molecule has 4 rings (SSSR count). The van der Waals surface area contributed by atoms with E-state index in [0.717, 1.165) is 4.90 Å². The Hall–Kier alpha value is -3.56. The van der Waals surface area contributed by atoms with Crippen molar-refractivity contribution in [2.45, 2.75) is 18.6 Å². The minimum Gasteiger partial charge on any atom is -0.386 e. The first kappa shape index (κ1) is 15.9. The summed E-state index contributed by atoms with van der Waals surface area (Å²) in [4.78, 5) is 46.3. The Kier molecular flexibility index (Phi) is 3.20. The van der Waals surface area contributed by atoms with Crippen LogP contribution in [0, 0.1) is 20.2 Å². The van der Waals surface area contributed by atoms with Gasteiger partial charge in [-0.25, -0.2) is 14.5 Å². The van der Waals surface area contributed by atoms with Crippen LogP contribution >= 0.6 is 0 Å². The molecular formula is C16H11N3O7. The fourth-order valence-corrected chi connectivity index (χ4v) is 3.66. The highest BCUT2D eigenvalue weighted by molar-refractivity contribution is 6.21. The third-order valence-corrected chi connectivity index (χ3v) is 4.81. The largest absolute Gasteiger partial charge is 0.544 e. The molecule has 26 heavy (non-hydrogen) atoms. The summed E-state index contributed by atoms with van der Waals surface area (Å²) in [5, 5.41) is 23.9. The number of hydrogen-bond donors (Lipinski definition) is 0. The number of carbonyl (C=O) groups excluding carboxylic acids is 2. The van der Waals surface area contributed by atoms with E-state index in [-0.39, 0.29) is 36.2 Å². The Morgan fingerprint density at radius 2 is 1.73 bits per heavy atom. The fourth-order valence-electron chi connectivity index (χ4n) is 3.66. The molecule has 10 nitrogen and oxygen atoms in total. The molecule has 0 spiro atoms. The SMILES string of the molecule is O=C1OC(=O)c2cc(N3CCCC3([N+](=O)[O-])[N+](=O)[O-])cc3cccc1c23. The van der Waals surface area contributed by atoms with E-state index in [0.29, 0.717) is 10.8 Å². The normalized spacial score (nSPS) is 18.1. The van der Waals surface area contributed by atoms with Gasteiger partial charge in [-0.15, -0.1) is 0 Å². The summed E-state index contributed by atoms with van der Waals surface area (Å²) in [6.07, 6.45) is 0.0155. The van der Waals surface area contributed by atoms with Gasteiger partial charge in [0.15, 0.2) is 0 Å².